The number of halogens is 1. The summed E-state index contributed by atoms with van der Waals surface area (Å²) in [6, 6.07) is 2.39. The highest BCUT2D eigenvalue weighted by Gasteiger charge is 2.21. The van der Waals surface area contributed by atoms with Crippen LogP contribution in [0.5, 0.6) is 0 Å². The number of non-ortho nitro benzene ring substituents is 1. The number of benzene rings is 1. The third-order valence-electron chi connectivity index (χ3n) is 2.08. The first-order valence-corrected chi connectivity index (χ1v) is 6.45. The van der Waals surface area contributed by atoms with Gasteiger partial charge in [0.15, 0.2) is 0 Å². The third-order valence-corrected chi connectivity index (χ3v) is 3.58. The van der Waals surface area contributed by atoms with Crippen molar-refractivity contribution in [3.63, 3.8) is 0 Å². The van der Waals surface area contributed by atoms with Crippen LogP contribution in [0.1, 0.15) is 0 Å². The molecule has 0 aliphatic carbocycles. The van der Waals surface area contributed by atoms with Crippen LogP contribution >= 0.6 is 0 Å². The number of hydrogen-bond donors (Lipinski definition) is 2. The molecule has 100 valence electrons. The van der Waals surface area contributed by atoms with E-state index in [-0.39, 0.29) is 6.54 Å². The van der Waals surface area contributed by atoms with Crippen LogP contribution in [-0.4, -0.2) is 33.5 Å². The van der Waals surface area contributed by atoms with Crippen LogP contribution in [0.3, 0.4) is 0 Å². The summed E-state index contributed by atoms with van der Waals surface area (Å²) in [4.78, 5) is 8.99. The maximum absolute atomic E-state index is 13.5. The standard InChI is InChI=1S/C9H12FN3O4S/c1-11-4-5-12-18(16,17)9-3-2-7(13(14)15)6-8(9)10/h2-3,6,11-12H,4-5H2,1H3. The van der Waals surface area contributed by atoms with E-state index in [1.54, 1.807) is 7.05 Å². The van der Waals surface area contributed by atoms with Crippen molar-refractivity contribution in [1.29, 1.82) is 0 Å². The fourth-order valence-electron chi connectivity index (χ4n) is 1.21. The zero-order valence-electron chi connectivity index (χ0n) is 9.51. The molecule has 0 aromatic heterocycles. The van der Waals surface area contributed by atoms with Crippen LogP contribution in [0.4, 0.5) is 10.1 Å². The number of hydrogen-bond acceptors (Lipinski definition) is 5. The Labute approximate surface area is 103 Å². The molecular formula is C9H12FN3O4S. The molecule has 0 saturated carbocycles. The van der Waals surface area contributed by atoms with Gasteiger partial charge in [-0.2, -0.15) is 0 Å². The first-order chi connectivity index (χ1) is 8.38. The minimum absolute atomic E-state index is 0.0925. The van der Waals surface area contributed by atoms with E-state index in [0.29, 0.717) is 12.6 Å². The highest BCUT2D eigenvalue weighted by atomic mass is 32.2. The summed E-state index contributed by atoms with van der Waals surface area (Å²) in [5, 5.41) is 13.1. The fourth-order valence-corrected chi connectivity index (χ4v) is 2.30. The Bertz CT molecular complexity index is 547. The molecule has 0 spiro atoms. The predicted octanol–water partition coefficient (Wildman–Crippen LogP) is 0.232. The Hall–Kier alpha value is -1.58. The number of likely N-dealkylation sites (N-methyl/N-ethyl adjacent to an activating group) is 1. The second-order valence-corrected chi connectivity index (χ2v) is 5.11. The van der Waals surface area contributed by atoms with E-state index >= 15 is 0 Å². The maximum atomic E-state index is 13.5. The number of nitro groups is 1. The van der Waals surface area contributed by atoms with Gasteiger partial charge in [0.05, 0.1) is 11.0 Å². The Kier molecular flexibility index (Phi) is 4.70. The average molecular weight is 277 g/mol. The summed E-state index contributed by atoms with van der Waals surface area (Å²) in [6.45, 7) is 0.475. The smallest absolute Gasteiger partial charge is 0.272 e. The van der Waals surface area contributed by atoms with Crippen LogP contribution in [-0.2, 0) is 10.0 Å². The summed E-state index contributed by atoms with van der Waals surface area (Å²) in [5.74, 6) is -1.15. The van der Waals surface area contributed by atoms with Crippen LogP contribution in [0, 0.1) is 15.9 Å². The lowest BCUT2D eigenvalue weighted by Crippen LogP contribution is -2.31. The second-order valence-electron chi connectivity index (χ2n) is 3.37. The van der Waals surface area contributed by atoms with Gasteiger partial charge in [0, 0.05) is 19.2 Å². The van der Waals surface area contributed by atoms with Crippen LogP contribution in [0.15, 0.2) is 23.1 Å². The molecule has 1 aromatic carbocycles. The first-order valence-electron chi connectivity index (χ1n) is 4.96. The highest BCUT2D eigenvalue weighted by molar-refractivity contribution is 7.89. The molecule has 0 amide bonds. The van der Waals surface area contributed by atoms with Crippen molar-refractivity contribution in [1.82, 2.24) is 10.0 Å². The van der Waals surface area contributed by atoms with E-state index in [0.717, 1.165) is 12.1 Å². The van der Waals surface area contributed by atoms with Gasteiger partial charge in [-0.25, -0.2) is 17.5 Å². The summed E-state index contributed by atoms with van der Waals surface area (Å²) in [7, 11) is -2.35. The SMILES string of the molecule is CNCCNS(=O)(=O)c1ccc([N+](=O)[O-])cc1F. The zero-order chi connectivity index (χ0) is 13.8. The lowest BCUT2D eigenvalue weighted by Gasteiger charge is -2.07. The Morgan fingerprint density at radius 2 is 2.06 bits per heavy atom. The van der Waals surface area contributed by atoms with E-state index < -0.39 is 31.3 Å². The molecule has 2 N–H and O–H groups in total. The van der Waals surface area contributed by atoms with Crippen LogP contribution in [0.25, 0.3) is 0 Å². The molecule has 0 bridgehead atoms. The summed E-state index contributed by atoms with van der Waals surface area (Å²) < 4.78 is 39.0. The van der Waals surface area contributed by atoms with Gasteiger partial charge in [0.25, 0.3) is 5.69 Å². The van der Waals surface area contributed by atoms with E-state index in [1.807, 2.05) is 0 Å². The van der Waals surface area contributed by atoms with Crippen molar-refractivity contribution in [2.75, 3.05) is 20.1 Å². The van der Waals surface area contributed by atoms with Gasteiger partial charge in [0.2, 0.25) is 10.0 Å². The number of nitrogens with one attached hydrogen (secondary N) is 2. The number of rotatable bonds is 6. The molecule has 18 heavy (non-hydrogen) atoms. The topological polar surface area (TPSA) is 101 Å². The van der Waals surface area contributed by atoms with Crippen LogP contribution in [0.2, 0.25) is 0 Å². The minimum Gasteiger partial charge on any atom is -0.318 e. The van der Waals surface area contributed by atoms with Gasteiger partial charge < -0.3 is 5.32 Å². The number of nitro benzene ring substituents is 1. The van der Waals surface area contributed by atoms with Gasteiger partial charge in [-0.15, -0.1) is 0 Å². The molecule has 0 unspecified atom stereocenters. The minimum atomic E-state index is -3.99. The summed E-state index contributed by atoms with van der Waals surface area (Å²) in [6.07, 6.45) is 0. The molecule has 9 heteroatoms. The van der Waals surface area contributed by atoms with Crippen LogP contribution < -0.4 is 10.0 Å². The van der Waals surface area contributed by atoms with Crippen molar-refractivity contribution in [2.24, 2.45) is 0 Å². The lowest BCUT2D eigenvalue weighted by molar-refractivity contribution is -0.385. The number of sulfonamides is 1. The molecule has 1 rings (SSSR count). The van der Waals surface area contributed by atoms with Gasteiger partial charge in [-0.05, 0) is 13.1 Å². The molecule has 1 aromatic rings. The van der Waals surface area contributed by atoms with Gasteiger partial charge in [-0.3, -0.25) is 10.1 Å². The fraction of sp³-hybridized carbons (Fsp3) is 0.333. The molecule has 7 nitrogen and oxygen atoms in total. The van der Waals surface area contributed by atoms with Gasteiger partial charge >= 0.3 is 0 Å². The Morgan fingerprint density at radius 3 is 2.56 bits per heavy atom. The molecule has 0 aliphatic heterocycles. The summed E-state index contributed by atoms with van der Waals surface area (Å²) >= 11 is 0. The van der Waals surface area contributed by atoms with Crippen molar-refractivity contribution in [2.45, 2.75) is 4.90 Å². The normalized spacial score (nSPS) is 11.4. The molecular weight excluding hydrogens is 265 g/mol. The lowest BCUT2D eigenvalue weighted by atomic mass is 10.3. The second kappa shape index (κ2) is 5.85. The van der Waals surface area contributed by atoms with E-state index in [9.17, 15) is 22.9 Å². The molecule has 0 heterocycles. The maximum Gasteiger partial charge on any atom is 0.272 e. The van der Waals surface area contributed by atoms with Gasteiger partial charge in [0.1, 0.15) is 10.7 Å². The molecule has 0 atom stereocenters. The highest BCUT2D eigenvalue weighted by Crippen LogP contribution is 2.20. The summed E-state index contributed by atoms with van der Waals surface area (Å²) in [5.41, 5.74) is -0.498. The largest absolute Gasteiger partial charge is 0.318 e. The van der Waals surface area contributed by atoms with E-state index in [4.69, 9.17) is 0 Å². The van der Waals surface area contributed by atoms with Crippen molar-refractivity contribution in [3.8, 4) is 0 Å². The molecule has 0 aliphatic rings. The van der Waals surface area contributed by atoms with E-state index in [2.05, 4.69) is 10.0 Å². The first kappa shape index (κ1) is 14.5. The monoisotopic (exact) mass is 277 g/mol. The van der Waals surface area contributed by atoms with Crippen molar-refractivity contribution >= 4 is 15.7 Å². The van der Waals surface area contributed by atoms with E-state index in [1.165, 1.54) is 0 Å². The number of nitrogens with zero attached hydrogens (tertiary/aromatic N) is 1. The zero-order valence-corrected chi connectivity index (χ0v) is 10.3. The Morgan fingerprint density at radius 1 is 1.39 bits per heavy atom. The van der Waals surface area contributed by atoms with Crippen molar-refractivity contribution in [3.05, 3.63) is 34.1 Å². The Balaban J connectivity index is 2.99. The predicted molar refractivity (Wildman–Crippen MR) is 62.2 cm³/mol. The molecule has 0 saturated heterocycles. The van der Waals surface area contributed by atoms with Gasteiger partial charge in [-0.1, -0.05) is 0 Å². The van der Waals surface area contributed by atoms with Crippen molar-refractivity contribution < 1.29 is 17.7 Å². The third kappa shape index (κ3) is 3.45. The molecule has 0 radical (unpaired) electrons. The molecule has 0 fully saturated rings. The quantitative estimate of drug-likeness (QED) is 0.440. The average Bonchev–Trinajstić information content (AvgIpc) is 2.28.